The highest BCUT2D eigenvalue weighted by molar-refractivity contribution is 6.12. The van der Waals surface area contributed by atoms with Gasteiger partial charge in [0.2, 0.25) is 5.91 Å². The van der Waals surface area contributed by atoms with Crippen molar-refractivity contribution >= 4 is 23.5 Å². The molecule has 1 aromatic rings. The molecule has 0 aliphatic carbocycles. The molecule has 0 spiro atoms. The van der Waals surface area contributed by atoms with Crippen molar-refractivity contribution in [2.45, 2.75) is 51.9 Å². The molecule has 0 radical (unpaired) electrons. The van der Waals surface area contributed by atoms with Crippen molar-refractivity contribution in [1.82, 2.24) is 10.2 Å². The molecule has 3 amide bonds. The number of benzene rings is 1. The monoisotopic (exact) mass is 414 g/mol. The summed E-state index contributed by atoms with van der Waals surface area (Å²) in [6.45, 7) is 3.52. The van der Waals surface area contributed by atoms with Crippen LogP contribution in [0, 0.1) is 6.92 Å². The minimum atomic E-state index is -0.301. The third-order valence-corrected chi connectivity index (χ3v) is 4.80. The highest BCUT2D eigenvalue weighted by Crippen LogP contribution is 2.12. The minimum Gasteiger partial charge on any atom is -0.494 e. The third-order valence-electron chi connectivity index (χ3n) is 4.80. The first kappa shape index (κ1) is 23.3. The molecular formula is C23H30N2O5. The Hall–Kier alpha value is -2.96. The van der Waals surface area contributed by atoms with Gasteiger partial charge in [-0.3, -0.25) is 24.1 Å². The number of Topliss-reactive ketones (excluding diaryl/α,β-unsaturated/α-hetero) is 1. The Morgan fingerprint density at radius 2 is 1.60 bits per heavy atom. The van der Waals surface area contributed by atoms with Gasteiger partial charge in [-0.15, -0.1) is 0 Å². The zero-order valence-corrected chi connectivity index (χ0v) is 17.5. The average molecular weight is 415 g/mol. The molecule has 7 nitrogen and oxygen atoms in total. The van der Waals surface area contributed by atoms with E-state index in [4.69, 9.17) is 4.74 Å². The van der Waals surface area contributed by atoms with E-state index in [9.17, 15) is 19.2 Å². The maximum atomic E-state index is 11.9. The van der Waals surface area contributed by atoms with Gasteiger partial charge < -0.3 is 10.1 Å². The summed E-state index contributed by atoms with van der Waals surface area (Å²) < 4.78 is 5.64. The van der Waals surface area contributed by atoms with Crippen LogP contribution in [0.2, 0.25) is 0 Å². The minimum absolute atomic E-state index is 0.0221. The quantitative estimate of drug-likeness (QED) is 0.373. The maximum Gasteiger partial charge on any atom is 0.253 e. The molecule has 30 heavy (non-hydrogen) atoms. The second-order valence-corrected chi connectivity index (χ2v) is 7.38. The van der Waals surface area contributed by atoms with Crippen LogP contribution in [0.15, 0.2) is 36.4 Å². The Labute approximate surface area is 177 Å². The standard InChI is InChI=1S/C23H30N2O5/c1-18-7-10-20(11-8-18)30-17-5-3-15-24-21(27)12-9-19(26)6-2-4-16-25-22(28)13-14-23(25)29/h7-8,10-11,13-14H,2-6,9,12,15-17H2,1H3,(H,24,27). The average Bonchev–Trinajstić information content (AvgIpc) is 3.05. The SMILES string of the molecule is Cc1ccc(OCCCCNC(=O)CCC(=O)CCCCN2C(=O)C=CC2=O)cc1. The van der Waals surface area contributed by atoms with Crippen molar-refractivity contribution in [3.05, 3.63) is 42.0 Å². The number of amides is 3. The van der Waals surface area contributed by atoms with E-state index >= 15 is 0 Å². The summed E-state index contributed by atoms with van der Waals surface area (Å²) in [5.74, 6) is 0.142. The molecule has 0 fully saturated rings. The fourth-order valence-corrected chi connectivity index (χ4v) is 2.99. The lowest BCUT2D eigenvalue weighted by Crippen LogP contribution is -2.30. The van der Waals surface area contributed by atoms with Gasteiger partial charge in [-0.1, -0.05) is 17.7 Å². The summed E-state index contributed by atoms with van der Waals surface area (Å²) in [4.78, 5) is 47.7. The summed E-state index contributed by atoms with van der Waals surface area (Å²) in [5, 5.41) is 2.82. The Balaban J connectivity index is 1.43. The van der Waals surface area contributed by atoms with Crippen LogP contribution in [0.3, 0.4) is 0 Å². The first-order valence-corrected chi connectivity index (χ1v) is 10.5. The van der Waals surface area contributed by atoms with Gasteiger partial charge in [0.15, 0.2) is 0 Å². The summed E-state index contributed by atoms with van der Waals surface area (Å²) in [6.07, 6.45) is 6.09. The van der Waals surface area contributed by atoms with E-state index in [1.165, 1.54) is 22.6 Å². The van der Waals surface area contributed by atoms with Crippen molar-refractivity contribution in [3.8, 4) is 5.75 Å². The lowest BCUT2D eigenvalue weighted by atomic mass is 10.1. The van der Waals surface area contributed by atoms with Crippen LogP contribution in [0.5, 0.6) is 5.75 Å². The molecule has 1 aromatic carbocycles. The van der Waals surface area contributed by atoms with Crippen molar-refractivity contribution in [2.24, 2.45) is 0 Å². The Kier molecular flexibility index (Phi) is 9.77. The van der Waals surface area contributed by atoms with Crippen LogP contribution in [0.25, 0.3) is 0 Å². The molecule has 0 saturated heterocycles. The first-order chi connectivity index (χ1) is 14.5. The molecule has 1 N–H and O–H groups in total. The van der Waals surface area contributed by atoms with Crippen molar-refractivity contribution in [2.75, 3.05) is 19.7 Å². The van der Waals surface area contributed by atoms with E-state index in [0.717, 1.165) is 18.6 Å². The summed E-state index contributed by atoms with van der Waals surface area (Å²) >= 11 is 0. The van der Waals surface area contributed by atoms with Crippen LogP contribution >= 0.6 is 0 Å². The molecule has 7 heteroatoms. The number of hydrogen-bond acceptors (Lipinski definition) is 5. The van der Waals surface area contributed by atoms with Gasteiger partial charge in [-0.05, 0) is 44.7 Å². The fourth-order valence-electron chi connectivity index (χ4n) is 2.99. The third kappa shape index (κ3) is 8.59. The van der Waals surface area contributed by atoms with Crippen molar-refractivity contribution < 1.29 is 23.9 Å². The molecule has 162 valence electrons. The molecular weight excluding hydrogens is 384 g/mol. The molecule has 0 unspecified atom stereocenters. The predicted molar refractivity (Wildman–Crippen MR) is 113 cm³/mol. The van der Waals surface area contributed by atoms with Crippen LogP contribution in [-0.2, 0) is 19.2 Å². The van der Waals surface area contributed by atoms with Gasteiger partial charge in [0, 0.05) is 44.5 Å². The Morgan fingerprint density at radius 3 is 2.30 bits per heavy atom. The number of unbranched alkanes of at least 4 members (excludes halogenated alkanes) is 2. The number of hydrogen-bond donors (Lipinski definition) is 1. The molecule has 0 atom stereocenters. The van der Waals surface area contributed by atoms with Gasteiger partial charge in [-0.2, -0.15) is 0 Å². The second kappa shape index (κ2) is 12.6. The van der Waals surface area contributed by atoms with Crippen LogP contribution in [0.4, 0.5) is 0 Å². The second-order valence-electron chi connectivity index (χ2n) is 7.38. The number of imide groups is 1. The van der Waals surface area contributed by atoms with E-state index in [0.29, 0.717) is 39.0 Å². The molecule has 1 aliphatic rings. The van der Waals surface area contributed by atoms with E-state index in [1.807, 2.05) is 31.2 Å². The van der Waals surface area contributed by atoms with Crippen molar-refractivity contribution in [3.63, 3.8) is 0 Å². The number of ether oxygens (including phenoxy) is 1. The van der Waals surface area contributed by atoms with E-state index in [1.54, 1.807) is 0 Å². The normalized spacial score (nSPS) is 13.0. The molecule has 1 aliphatic heterocycles. The van der Waals surface area contributed by atoms with Gasteiger partial charge >= 0.3 is 0 Å². The number of carbonyl (C=O) groups excluding carboxylic acids is 4. The predicted octanol–water partition coefficient (Wildman–Crippen LogP) is 2.71. The largest absolute Gasteiger partial charge is 0.494 e. The van der Waals surface area contributed by atoms with E-state index < -0.39 is 0 Å². The number of nitrogens with zero attached hydrogens (tertiary/aromatic N) is 1. The molecule has 0 bridgehead atoms. The zero-order valence-electron chi connectivity index (χ0n) is 17.5. The number of carbonyl (C=O) groups is 4. The zero-order chi connectivity index (χ0) is 21.8. The highest BCUT2D eigenvalue weighted by atomic mass is 16.5. The summed E-state index contributed by atoms with van der Waals surface area (Å²) in [6, 6.07) is 7.89. The lowest BCUT2D eigenvalue weighted by molar-refractivity contribution is -0.136. The molecule has 2 rings (SSSR count). The number of aryl methyl sites for hydroxylation is 1. The van der Waals surface area contributed by atoms with Gasteiger partial charge in [0.05, 0.1) is 6.61 Å². The highest BCUT2D eigenvalue weighted by Gasteiger charge is 2.22. The molecule has 1 heterocycles. The van der Waals surface area contributed by atoms with Crippen LogP contribution < -0.4 is 10.1 Å². The number of nitrogens with one attached hydrogen (secondary N) is 1. The van der Waals surface area contributed by atoms with Crippen LogP contribution in [0.1, 0.15) is 50.5 Å². The first-order valence-electron chi connectivity index (χ1n) is 10.5. The Bertz CT molecular complexity index is 752. The smallest absolute Gasteiger partial charge is 0.253 e. The van der Waals surface area contributed by atoms with Crippen molar-refractivity contribution in [1.29, 1.82) is 0 Å². The van der Waals surface area contributed by atoms with Gasteiger partial charge in [0.1, 0.15) is 11.5 Å². The summed E-state index contributed by atoms with van der Waals surface area (Å²) in [7, 11) is 0. The molecule has 0 aromatic heterocycles. The van der Waals surface area contributed by atoms with Gasteiger partial charge in [-0.25, -0.2) is 0 Å². The fraction of sp³-hybridized carbons (Fsp3) is 0.478. The Morgan fingerprint density at radius 1 is 0.900 bits per heavy atom. The molecule has 0 saturated carbocycles. The van der Waals surface area contributed by atoms with Gasteiger partial charge in [0.25, 0.3) is 11.8 Å². The maximum absolute atomic E-state index is 11.9. The summed E-state index contributed by atoms with van der Waals surface area (Å²) in [5.41, 5.74) is 1.19. The van der Waals surface area contributed by atoms with E-state index in [2.05, 4.69) is 5.32 Å². The number of rotatable bonds is 14. The lowest BCUT2D eigenvalue weighted by Gasteiger charge is -2.12. The van der Waals surface area contributed by atoms with E-state index in [-0.39, 0.29) is 36.3 Å². The topological polar surface area (TPSA) is 92.8 Å². The van der Waals surface area contributed by atoms with Crippen LogP contribution in [-0.4, -0.2) is 48.1 Å². The number of ketones is 1.